The molecule has 28 heavy (non-hydrogen) atoms. The molecular weight excluding hydrogens is 354 g/mol. The van der Waals surface area contributed by atoms with E-state index in [2.05, 4.69) is 15.7 Å². The van der Waals surface area contributed by atoms with E-state index < -0.39 is 0 Å². The molecule has 4 rings (SSSR count). The standard InChI is InChI=1S/C21H27N5O2/c1-15-6-4-8-17(19(15)21(28)25-11-2-3-12-25)23-20(27)18-9-13-26(24-18)16-7-5-10-22-14-16/h4,6,8-9,13,16,22H,2-3,5,7,10-12,14H2,1H3,(H,23,27). The van der Waals surface area contributed by atoms with E-state index in [0.29, 0.717) is 16.9 Å². The molecule has 1 aromatic carbocycles. The number of likely N-dealkylation sites (tertiary alicyclic amines) is 1. The summed E-state index contributed by atoms with van der Waals surface area (Å²) in [6.07, 6.45) is 6.10. The van der Waals surface area contributed by atoms with Gasteiger partial charge in [0.05, 0.1) is 17.3 Å². The maximum absolute atomic E-state index is 13.0. The van der Waals surface area contributed by atoms with Gasteiger partial charge in [-0.25, -0.2) is 0 Å². The van der Waals surface area contributed by atoms with Gasteiger partial charge in [0.15, 0.2) is 5.69 Å². The number of hydrogen-bond acceptors (Lipinski definition) is 4. The Morgan fingerprint density at radius 2 is 2.00 bits per heavy atom. The Morgan fingerprint density at radius 1 is 1.18 bits per heavy atom. The van der Waals surface area contributed by atoms with Crippen LogP contribution in [0.5, 0.6) is 0 Å². The highest BCUT2D eigenvalue weighted by atomic mass is 16.2. The number of aryl methyl sites for hydroxylation is 1. The molecular formula is C21H27N5O2. The van der Waals surface area contributed by atoms with E-state index >= 15 is 0 Å². The monoisotopic (exact) mass is 381 g/mol. The Labute approximate surface area is 165 Å². The molecule has 2 saturated heterocycles. The number of piperidine rings is 1. The van der Waals surface area contributed by atoms with Gasteiger partial charge in [-0.05, 0) is 56.8 Å². The highest BCUT2D eigenvalue weighted by Crippen LogP contribution is 2.24. The fourth-order valence-corrected chi connectivity index (χ4v) is 4.04. The summed E-state index contributed by atoms with van der Waals surface area (Å²) in [7, 11) is 0. The minimum absolute atomic E-state index is 0.00953. The van der Waals surface area contributed by atoms with E-state index in [1.807, 2.05) is 34.8 Å². The molecule has 7 nitrogen and oxygen atoms in total. The van der Waals surface area contributed by atoms with Crippen LogP contribution in [0, 0.1) is 6.92 Å². The molecule has 0 aliphatic carbocycles. The van der Waals surface area contributed by atoms with Gasteiger partial charge in [0.1, 0.15) is 0 Å². The van der Waals surface area contributed by atoms with Gasteiger partial charge >= 0.3 is 0 Å². The summed E-state index contributed by atoms with van der Waals surface area (Å²) in [5.41, 5.74) is 2.37. The molecule has 0 bridgehead atoms. The minimum atomic E-state index is -0.288. The van der Waals surface area contributed by atoms with Crippen LogP contribution < -0.4 is 10.6 Å². The highest BCUT2D eigenvalue weighted by Gasteiger charge is 2.25. The third kappa shape index (κ3) is 3.80. The van der Waals surface area contributed by atoms with Gasteiger partial charge in [-0.15, -0.1) is 0 Å². The molecule has 2 aromatic rings. The van der Waals surface area contributed by atoms with Crippen LogP contribution in [-0.4, -0.2) is 52.7 Å². The van der Waals surface area contributed by atoms with Crippen molar-refractivity contribution in [1.82, 2.24) is 20.0 Å². The zero-order chi connectivity index (χ0) is 19.5. The molecule has 1 atom stereocenters. The second kappa shape index (κ2) is 8.14. The van der Waals surface area contributed by atoms with E-state index in [9.17, 15) is 9.59 Å². The van der Waals surface area contributed by atoms with Crippen molar-refractivity contribution in [2.75, 3.05) is 31.5 Å². The molecule has 2 N–H and O–H groups in total. The van der Waals surface area contributed by atoms with Gasteiger partial charge in [-0.1, -0.05) is 12.1 Å². The Kier molecular flexibility index (Phi) is 5.43. The number of carbonyl (C=O) groups is 2. The molecule has 3 heterocycles. The summed E-state index contributed by atoms with van der Waals surface area (Å²) in [5.74, 6) is -0.298. The Hall–Kier alpha value is -2.67. The molecule has 2 aliphatic rings. The fourth-order valence-electron chi connectivity index (χ4n) is 4.04. The minimum Gasteiger partial charge on any atom is -0.339 e. The molecule has 148 valence electrons. The zero-order valence-electron chi connectivity index (χ0n) is 16.3. The molecule has 0 saturated carbocycles. The van der Waals surface area contributed by atoms with Crippen molar-refractivity contribution in [3.05, 3.63) is 47.3 Å². The number of aromatic nitrogens is 2. The number of nitrogens with one attached hydrogen (secondary N) is 2. The van der Waals surface area contributed by atoms with E-state index in [-0.39, 0.29) is 17.9 Å². The maximum Gasteiger partial charge on any atom is 0.276 e. The summed E-state index contributed by atoms with van der Waals surface area (Å²) in [6.45, 7) is 5.37. The van der Waals surface area contributed by atoms with Crippen LogP contribution in [0.25, 0.3) is 0 Å². The maximum atomic E-state index is 13.0. The van der Waals surface area contributed by atoms with E-state index in [1.54, 1.807) is 12.1 Å². The third-order valence-electron chi connectivity index (χ3n) is 5.61. The van der Waals surface area contributed by atoms with E-state index in [1.165, 1.54) is 0 Å². The quantitative estimate of drug-likeness (QED) is 0.853. The first-order valence-corrected chi connectivity index (χ1v) is 10.1. The van der Waals surface area contributed by atoms with Gasteiger partial charge in [0.2, 0.25) is 0 Å². The average Bonchev–Trinajstić information content (AvgIpc) is 3.41. The molecule has 2 aliphatic heterocycles. The largest absolute Gasteiger partial charge is 0.339 e. The van der Waals surface area contributed by atoms with E-state index in [0.717, 1.165) is 57.4 Å². The SMILES string of the molecule is Cc1cccc(NC(=O)c2ccn(C3CCCNC3)n2)c1C(=O)N1CCCC1. The molecule has 0 radical (unpaired) electrons. The Balaban J connectivity index is 1.52. The second-order valence-electron chi connectivity index (χ2n) is 7.63. The van der Waals surface area contributed by atoms with Crippen LogP contribution in [0.3, 0.4) is 0 Å². The molecule has 0 spiro atoms. The fraction of sp³-hybridized carbons (Fsp3) is 0.476. The number of carbonyl (C=O) groups excluding carboxylic acids is 2. The predicted octanol–water partition coefficient (Wildman–Crippen LogP) is 2.60. The van der Waals surface area contributed by atoms with Crippen LogP contribution in [0.4, 0.5) is 5.69 Å². The predicted molar refractivity (Wildman–Crippen MR) is 108 cm³/mol. The van der Waals surface area contributed by atoms with Gasteiger partial charge in [0.25, 0.3) is 11.8 Å². The number of anilines is 1. The number of nitrogens with zero attached hydrogens (tertiary/aromatic N) is 3. The van der Waals surface area contributed by atoms with Crippen LogP contribution in [-0.2, 0) is 0 Å². The van der Waals surface area contributed by atoms with Crippen molar-refractivity contribution in [3.8, 4) is 0 Å². The number of benzene rings is 1. The molecule has 2 fully saturated rings. The van der Waals surface area contributed by atoms with Crippen molar-refractivity contribution in [3.63, 3.8) is 0 Å². The third-order valence-corrected chi connectivity index (χ3v) is 5.61. The lowest BCUT2D eigenvalue weighted by Gasteiger charge is -2.22. The summed E-state index contributed by atoms with van der Waals surface area (Å²) >= 11 is 0. The van der Waals surface area contributed by atoms with Crippen LogP contribution >= 0.6 is 0 Å². The first kappa shape index (κ1) is 18.7. The van der Waals surface area contributed by atoms with Gasteiger partial charge in [-0.3, -0.25) is 14.3 Å². The molecule has 2 amide bonds. The van der Waals surface area contributed by atoms with E-state index in [4.69, 9.17) is 0 Å². The average molecular weight is 381 g/mol. The topological polar surface area (TPSA) is 79.3 Å². The summed E-state index contributed by atoms with van der Waals surface area (Å²) in [6, 6.07) is 7.57. The van der Waals surface area contributed by atoms with Gasteiger partial charge in [-0.2, -0.15) is 5.10 Å². The van der Waals surface area contributed by atoms with Crippen molar-refractivity contribution < 1.29 is 9.59 Å². The van der Waals surface area contributed by atoms with Crippen molar-refractivity contribution in [1.29, 1.82) is 0 Å². The lowest BCUT2D eigenvalue weighted by atomic mass is 10.0. The Bertz CT molecular complexity index is 863. The number of amides is 2. The number of hydrogen-bond donors (Lipinski definition) is 2. The van der Waals surface area contributed by atoms with Crippen molar-refractivity contribution >= 4 is 17.5 Å². The summed E-state index contributed by atoms with van der Waals surface area (Å²) in [4.78, 5) is 27.6. The van der Waals surface area contributed by atoms with Gasteiger partial charge in [0, 0.05) is 25.8 Å². The molecule has 7 heteroatoms. The van der Waals surface area contributed by atoms with Crippen LogP contribution in [0.15, 0.2) is 30.5 Å². The summed E-state index contributed by atoms with van der Waals surface area (Å²) in [5, 5.41) is 10.7. The zero-order valence-corrected chi connectivity index (χ0v) is 16.3. The summed E-state index contributed by atoms with van der Waals surface area (Å²) < 4.78 is 1.87. The molecule has 1 aromatic heterocycles. The first-order valence-electron chi connectivity index (χ1n) is 10.1. The smallest absolute Gasteiger partial charge is 0.276 e. The van der Waals surface area contributed by atoms with Gasteiger partial charge < -0.3 is 15.5 Å². The normalized spacial score (nSPS) is 19.6. The lowest BCUT2D eigenvalue weighted by molar-refractivity contribution is 0.0793. The van der Waals surface area contributed by atoms with Crippen molar-refractivity contribution in [2.45, 2.75) is 38.6 Å². The molecule has 1 unspecified atom stereocenters. The first-order chi connectivity index (χ1) is 13.6. The number of rotatable bonds is 4. The van der Waals surface area contributed by atoms with Crippen LogP contribution in [0.1, 0.15) is 58.1 Å². The van der Waals surface area contributed by atoms with Crippen LogP contribution in [0.2, 0.25) is 0 Å². The Morgan fingerprint density at radius 3 is 2.75 bits per heavy atom. The lowest BCUT2D eigenvalue weighted by Crippen LogP contribution is -2.32. The highest BCUT2D eigenvalue weighted by molar-refractivity contribution is 6.08. The second-order valence-corrected chi connectivity index (χ2v) is 7.63. The van der Waals surface area contributed by atoms with Crippen molar-refractivity contribution in [2.24, 2.45) is 0 Å².